The molecule has 124 valence electrons. The molecule has 0 radical (unpaired) electrons. The second-order valence-corrected chi connectivity index (χ2v) is 5.99. The summed E-state index contributed by atoms with van der Waals surface area (Å²) in [7, 11) is 1.32. The van der Waals surface area contributed by atoms with Gasteiger partial charge in [-0.1, -0.05) is 11.2 Å². The summed E-state index contributed by atoms with van der Waals surface area (Å²) in [6.07, 6.45) is 1.83. The van der Waals surface area contributed by atoms with Crippen LogP contribution in [0.2, 0.25) is 0 Å². The molecule has 2 aliphatic heterocycles. The van der Waals surface area contributed by atoms with Crippen LogP contribution in [-0.4, -0.2) is 42.4 Å². The maximum absolute atomic E-state index is 13.7. The second-order valence-electron chi connectivity index (χ2n) is 5.99. The Balaban J connectivity index is 1.56. The van der Waals surface area contributed by atoms with E-state index in [1.807, 2.05) is 0 Å². The topological polar surface area (TPSA) is 51.1 Å². The molecule has 0 saturated carbocycles. The molecule has 7 heteroatoms. The average Bonchev–Trinajstić information content (AvgIpc) is 2.95. The van der Waals surface area contributed by atoms with Gasteiger partial charge in [-0.2, -0.15) is 0 Å². The number of ether oxygens (including phenoxy) is 1. The number of nitrogens with zero attached hydrogens (tertiary/aromatic N) is 2. The lowest BCUT2D eigenvalue weighted by Gasteiger charge is -2.37. The van der Waals surface area contributed by atoms with E-state index in [9.17, 15) is 13.6 Å². The summed E-state index contributed by atoms with van der Waals surface area (Å²) in [5.74, 6) is -1.56. The minimum absolute atomic E-state index is 0.311. The van der Waals surface area contributed by atoms with E-state index in [4.69, 9.17) is 4.84 Å². The molecular weight excluding hydrogens is 306 g/mol. The summed E-state index contributed by atoms with van der Waals surface area (Å²) in [5, 5.41) is 3.84. The van der Waals surface area contributed by atoms with Gasteiger partial charge in [-0.25, -0.2) is 13.6 Å². The number of methoxy groups -OCH3 is 1. The van der Waals surface area contributed by atoms with Gasteiger partial charge in [0.1, 0.15) is 17.2 Å². The van der Waals surface area contributed by atoms with Gasteiger partial charge < -0.3 is 9.57 Å². The lowest BCUT2D eigenvalue weighted by molar-refractivity contribution is -0.132. The number of hydrogen-bond donors (Lipinski definition) is 0. The summed E-state index contributed by atoms with van der Waals surface area (Å²) < 4.78 is 31.3. The third kappa shape index (κ3) is 3.34. The van der Waals surface area contributed by atoms with E-state index in [2.05, 4.69) is 14.8 Å². The zero-order valence-electron chi connectivity index (χ0n) is 12.8. The van der Waals surface area contributed by atoms with E-state index >= 15 is 0 Å². The van der Waals surface area contributed by atoms with Gasteiger partial charge in [0.15, 0.2) is 5.71 Å². The molecule has 5 nitrogen and oxygen atoms in total. The maximum atomic E-state index is 13.7. The molecule has 1 fully saturated rings. The number of piperidine rings is 1. The highest BCUT2D eigenvalue weighted by Crippen LogP contribution is 2.35. The molecule has 23 heavy (non-hydrogen) atoms. The van der Waals surface area contributed by atoms with Gasteiger partial charge >= 0.3 is 5.97 Å². The molecular formula is C16H18F2N2O3. The highest BCUT2D eigenvalue weighted by atomic mass is 19.1. The average molecular weight is 324 g/mol. The Bertz CT molecular complexity index is 640. The smallest absolute Gasteiger partial charge is 0.355 e. The monoisotopic (exact) mass is 324 g/mol. The van der Waals surface area contributed by atoms with Gasteiger partial charge in [-0.05, 0) is 6.07 Å². The van der Waals surface area contributed by atoms with E-state index in [0.717, 1.165) is 6.07 Å². The van der Waals surface area contributed by atoms with Crippen molar-refractivity contribution in [1.29, 1.82) is 0 Å². The Hall–Kier alpha value is -2.02. The quantitative estimate of drug-likeness (QED) is 0.800. The number of carbonyl (C=O) groups excluding carboxylic acids is 1. The molecule has 1 aromatic rings. The molecule has 2 heterocycles. The Morgan fingerprint density at radius 3 is 2.78 bits per heavy atom. The predicted molar refractivity (Wildman–Crippen MR) is 78.8 cm³/mol. The van der Waals surface area contributed by atoms with E-state index in [0.29, 0.717) is 50.2 Å². The van der Waals surface area contributed by atoms with Crippen molar-refractivity contribution in [3.05, 3.63) is 35.4 Å². The second kappa shape index (κ2) is 6.23. The van der Waals surface area contributed by atoms with Crippen LogP contribution in [-0.2, 0) is 20.9 Å². The van der Waals surface area contributed by atoms with Crippen LogP contribution in [0.4, 0.5) is 8.78 Å². The van der Waals surface area contributed by atoms with Crippen LogP contribution in [0.25, 0.3) is 0 Å². The molecule has 0 aliphatic carbocycles. The molecule has 0 aromatic heterocycles. The predicted octanol–water partition coefficient (Wildman–Crippen LogP) is 2.25. The lowest BCUT2D eigenvalue weighted by Crippen LogP contribution is -2.44. The number of halogens is 2. The molecule has 0 bridgehead atoms. The molecule has 0 unspecified atom stereocenters. The molecule has 1 spiro atoms. The first-order valence-electron chi connectivity index (χ1n) is 7.51. The van der Waals surface area contributed by atoms with Crippen molar-refractivity contribution in [2.75, 3.05) is 20.2 Å². The number of hydrogen-bond acceptors (Lipinski definition) is 5. The Morgan fingerprint density at radius 1 is 1.39 bits per heavy atom. The molecule has 0 atom stereocenters. The van der Waals surface area contributed by atoms with E-state index in [1.165, 1.54) is 19.2 Å². The normalized spacial score (nSPS) is 20.2. The number of rotatable bonds is 3. The minimum atomic E-state index is -0.573. The van der Waals surface area contributed by atoms with Gasteiger partial charge in [-0.15, -0.1) is 0 Å². The molecule has 0 amide bonds. The van der Waals surface area contributed by atoms with Crippen molar-refractivity contribution in [3.63, 3.8) is 0 Å². The first-order valence-corrected chi connectivity index (χ1v) is 7.51. The summed E-state index contributed by atoms with van der Waals surface area (Å²) in [6.45, 7) is 1.81. The van der Waals surface area contributed by atoms with Crippen molar-refractivity contribution in [2.45, 2.75) is 31.4 Å². The Labute approximate surface area is 132 Å². The van der Waals surface area contributed by atoms with Gasteiger partial charge in [-0.3, -0.25) is 4.90 Å². The van der Waals surface area contributed by atoms with Crippen molar-refractivity contribution in [2.24, 2.45) is 5.16 Å². The van der Waals surface area contributed by atoms with Gasteiger partial charge in [0.2, 0.25) is 0 Å². The third-order valence-electron chi connectivity index (χ3n) is 4.44. The van der Waals surface area contributed by atoms with Gasteiger partial charge in [0.25, 0.3) is 0 Å². The Kier molecular flexibility index (Phi) is 4.30. The van der Waals surface area contributed by atoms with E-state index in [1.54, 1.807) is 0 Å². The summed E-state index contributed by atoms with van der Waals surface area (Å²) >= 11 is 0. The fourth-order valence-electron chi connectivity index (χ4n) is 3.03. The minimum Gasteiger partial charge on any atom is -0.464 e. The van der Waals surface area contributed by atoms with E-state index in [-0.39, 0.29) is 0 Å². The van der Waals surface area contributed by atoms with Crippen LogP contribution in [0, 0.1) is 11.6 Å². The SMILES string of the molecule is COC(=O)C1=NOC2(CCN(Cc3ccc(F)cc3F)CC2)C1. The first-order chi connectivity index (χ1) is 11.0. The summed E-state index contributed by atoms with van der Waals surface area (Å²) in [6, 6.07) is 3.64. The number of likely N-dealkylation sites (tertiary alicyclic amines) is 1. The standard InChI is InChI=1S/C16H18F2N2O3/c1-22-15(21)14-9-16(23-19-14)4-6-20(7-5-16)10-11-2-3-12(17)8-13(11)18/h2-3,8H,4-7,9-10H2,1H3. The van der Waals surface area contributed by atoms with Crippen molar-refractivity contribution in [3.8, 4) is 0 Å². The van der Waals surface area contributed by atoms with Crippen LogP contribution < -0.4 is 0 Å². The van der Waals surface area contributed by atoms with Gasteiger partial charge in [0, 0.05) is 50.5 Å². The van der Waals surface area contributed by atoms with Crippen molar-refractivity contribution >= 4 is 11.7 Å². The molecule has 3 rings (SSSR count). The van der Waals surface area contributed by atoms with Crippen LogP contribution in [0.15, 0.2) is 23.4 Å². The molecule has 1 saturated heterocycles. The Morgan fingerprint density at radius 2 is 2.13 bits per heavy atom. The zero-order chi connectivity index (χ0) is 16.4. The number of benzene rings is 1. The molecule has 1 aromatic carbocycles. The fraction of sp³-hybridized carbons (Fsp3) is 0.500. The number of oxime groups is 1. The van der Waals surface area contributed by atoms with Crippen LogP contribution in [0.3, 0.4) is 0 Å². The summed E-state index contributed by atoms with van der Waals surface area (Å²) in [4.78, 5) is 19.1. The van der Waals surface area contributed by atoms with Crippen LogP contribution in [0.5, 0.6) is 0 Å². The van der Waals surface area contributed by atoms with Crippen molar-refractivity contribution in [1.82, 2.24) is 4.90 Å². The highest BCUT2D eigenvalue weighted by Gasteiger charge is 2.44. The summed E-state index contributed by atoms with van der Waals surface area (Å²) in [5.41, 5.74) is 0.327. The molecule has 2 aliphatic rings. The maximum Gasteiger partial charge on any atom is 0.355 e. The lowest BCUT2D eigenvalue weighted by atomic mass is 9.86. The number of esters is 1. The largest absolute Gasteiger partial charge is 0.464 e. The third-order valence-corrected chi connectivity index (χ3v) is 4.44. The number of carbonyl (C=O) groups is 1. The van der Waals surface area contributed by atoms with E-state index < -0.39 is 23.2 Å². The highest BCUT2D eigenvalue weighted by molar-refractivity contribution is 6.36. The van der Waals surface area contributed by atoms with Gasteiger partial charge in [0.05, 0.1) is 7.11 Å². The van der Waals surface area contributed by atoms with Crippen molar-refractivity contribution < 1.29 is 23.1 Å². The van der Waals surface area contributed by atoms with Crippen LogP contribution >= 0.6 is 0 Å². The first kappa shape index (κ1) is 15.9. The molecule has 0 N–H and O–H groups in total. The fourth-order valence-corrected chi connectivity index (χ4v) is 3.03. The zero-order valence-corrected chi connectivity index (χ0v) is 12.8. The van der Waals surface area contributed by atoms with Crippen LogP contribution in [0.1, 0.15) is 24.8 Å².